The van der Waals surface area contributed by atoms with Crippen molar-refractivity contribution in [1.82, 2.24) is 5.32 Å². The van der Waals surface area contributed by atoms with E-state index in [4.69, 9.17) is 4.42 Å². The van der Waals surface area contributed by atoms with Crippen molar-refractivity contribution in [3.63, 3.8) is 0 Å². The van der Waals surface area contributed by atoms with Gasteiger partial charge in [0.05, 0.1) is 11.3 Å². The van der Waals surface area contributed by atoms with Gasteiger partial charge in [0.25, 0.3) is 11.8 Å². The van der Waals surface area contributed by atoms with Crippen LogP contribution in [0.15, 0.2) is 64.6 Å². The molecule has 160 valence electrons. The number of aromatic carboxylic acids is 1. The molecule has 1 aromatic heterocycles. The lowest BCUT2D eigenvalue weighted by Gasteiger charge is -2.26. The molecule has 1 aliphatic heterocycles. The third kappa shape index (κ3) is 3.81. The van der Waals surface area contributed by atoms with Gasteiger partial charge in [0.15, 0.2) is 0 Å². The Bertz CT molecular complexity index is 1300. The summed E-state index contributed by atoms with van der Waals surface area (Å²) in [6, 6.07) is 13.9. The van der Waals surface area contributed by atoms with Crippen molar-refractivity contribution in [3.8, 4) is 11.3 Å². The van der Waals surface area contributed by atoms with Crippen molar-refractivity contribution in [2.45, 2.75) is 13.8 Å². The normalized spacial score (nSPS) is 15.2. The predicted molar refractivity (Wildman–Crippen MR) is 116 cm³/mol. The standard InChI is InChI=1S/C24H18N2O6/c1-13-3-7-16(8-4-13)26-22(28)19(21(27)25-24(26)31)12-17-9-10-20(32-17)15-6-5-14(2)18(11-15)23(29)30/h3-12H,1-2H3,(H,29,30)(H,25,27,31). The summed E-state index contributed by atoms with van der Waals surface area (Å²) >= 11 is 0. The first-order valence-corrected chi connectivity index (χ1v) is 9.67. The topological polar surface area (TPSA) is 117 Å². The highest BCUT2D eigenvalue weighted by atomic mass is 16.4. The molecule has 4 amide bonds. The molecule has 2 N–H and O–H groups in total. The molecule has 3 aromatic rings. The molecule has 1 aliphatic rings. The number of carbonyl (C=O) groups is 4. The molecule has 8 nitrogen and oxygen atoms in total. The minimum Gasteiger partial charge on any atom is -0.478 e. The SMILES string of the molecule is Cc1ccc(N2C(=O)NC(=O)C(=Cc3ccc(-c4ccc(C)c(C(=O)O)c4)o3)C2=O)cc1. The lowest BCUT2D eigenvalue weighted by molar-refractivity contribution is -0.122. The van der Waals surface area contributed by atoms with Crippen LogP contribution in [0.2, 0.25) is 0 Å². The number of nitrogens with one attached hydrogen (secondary N) is 1. The van der Waals surface area contributed by atoms with Gasteiger partial charge in [0.2, 0.25) is 0 Å². The zero-order valence-electron chi connectivity index (χ0n) is 17.2. The molecule has 32 heavy (non-hydrogen) atoms. The van der Waals surface area contributed by atoms with Crippen LogP contribution in [-0.4, -0.2) is 28.9 Å². The van der Waals surface area contributed by atoms with Crippen LogP contribution in [0.1, 0.15) is 27.2 Å². The summed E-state index contributed by atoms with van der Waals surface area (Å²) in [5.74, 6) is -2.08. The van der Waals surface area contributed by atoms with Crippen molar-refractivity contribution in [3.05, 3.63) is 82.6 Å². The zero-order valence-corrected chi connectivity index (χ0v) is 17.2. The lowest BCUT2D eigenvalue weighted by Crippen LogP contribution is -2.54. The van der Waals surface area contributed by atoms with Crippen molar-refractivity contribution in [1.29, 1.82) is 0 Å². The Hall–Kier alpha value is -4.46. The van der Waals surface area contributed by atoms with Gasteiger partial charge >= 0.3 is 12.0 Å². The predicted octanol–water partition coefficient (Wildman–Crippen LogP) is 3.93. The first-order chi connectivity index (χ1) is 15.2. The monoisotopic (exact) mass is 430 g/mol. The van der Waals surface area contributed by atoms with E-state index >= 15 is 0 Å². The summed E-state index contributed by atoms with van der Waals surface area (Å²) in [6.07, 6.45) is 1.25. The number of nitrogens with zero attached hydrogens (tertiary/aromatic N) is 1. The smallest absolute Gasteiger partial charge is 0.335 e. The minimum atomic E-state index is -1.05. The summed E-state index contributed by atoms with van der Waals surface area (Å²) in [5.41, 5.74) is 2.32. The van der Waals surface area contributed by atoms with Crippen LogP contribution in [-0.2, 0) is 9.59 Å². The van der Waals surface area contributed by atoms with Crippen LogP contribution in [0.25, 0.3) is 17.4 Å². The Morgan fingerprint density at radius 3 is 2.41 bits per heavy atom. The Kier molecular flexibility index (Phi) is 5.19. The van der Waals surface area contributed by atoms with E-state index in [0.717, 1.165) is 10.5 Å². The third-order valence-electron chi connectivity index (χ3n) is 5.06. The van der Waals surface area contributed by atoms with Gasteiger partial charge in [-0.15, -0.1) is 0 Å². The van der Waals surface area contributed by atoms with E-state index in [1.54, 1.807) is 55.5 Å². The first-order valence-electron chi connectivity index (χ1n) is 9.67. The first kappa shape index (κ1) is 20.8. The summed E-state index contributed by atoms with van der Waals surface area (Å²) in [6.45, 7) is 3.57. The molecule has 0 spiro atoms. The average Bonchev–Trinajstić information content (AvgIpc) is 3.21. The van der Waals surface area contributed by atoms with Crippen LogP contribution >= 0.6 is 0 Å². The number of carboxylic acid groups (broad SMARTS) is 1. The highest BCUT2D eigenvalue weighted by molar-refractivity contribution is 6.39. The Morgan fingerprint density at radius 1 is 1.00 bits per heavy atom. The fourth-order valence-electron chi connectivity index (χ4n) is 3.32. The van der Waals surface area contributed by atoms with E-state index in [9.17, 15) is 24.3 Å². The summed E-state index contributed by atoms with van der Waals surface area (Å²) in [4.78, 5) is 49.8. The number of hydrogen-bond acceptors (Lipinski definition) is 5. The molecular formula is C24H18N2O6. The lowest BCUT2D eigenvalue weighted by atomic mass is 10.0. The largest absolute Gasteiger partial charge is 0.478 e. The number of aryl methyl sites for hydroxylation is 2. The van der Waals surface area contributed by atoms with Crippen molar-refractivity contribution in [2.75, 3.05) is 4.90 Å². The van der Waals surface area contributed by atoms with Gasteiger partial charge in [0.1, 0.15) is 17.1 Å². The minimum absolute atomic E-state index is 0.146. The van der Waals surface area contributed by atoms with E-state index in [1.165, 1.54) is 12.1 Å². The molecule has 2 aromatic carbocycles. The molecule has 0 atom stereocenters. The number of amides is 4. The molecule has 0 aliphatic carbocycles. The quantitative estimate of drug-likeness (QED) is 0.479. The zero-order chi connectivity index (χ0) is 23.0. The fourth-order valence-corrected chi connectivity index (χ4v) is 3.32. The van der Waals surface area contributed by atoms with Gasteiger partial charge in [-0.25, -0.2) is 14.5 Å². The number of barbiturate groups is 1. The Labute approximate surface area is 182 Å². The van der Waals surface area contributed by atoms with E-state index in [2.05, 4.69) is 5.32 Å². The average molecular weight is 430 g/mol. The van der Waals surface area contributed by atoms with Crippen LogP contribution in [0.5, 0.6) is 0 Å². The molecule has 4 rings (SSSR count). The summed E-state index contributed by atoms with van der Waals surface area (Å²) in [5, 5.41) is 11.5. The Balaban J connectivity index is 1.67. The molecule has 1 saturated heterocycles. The van der Waals surface area contributed by atoms with Gasteiger partial charge in [-0.05, 0) is 55.8 Å². The second-order valence-electron chi connectivity index (χ2n) is 7.33. The number of carbonyl (C=O) groups excluding carboxylic acids is 3. The molecule has 1 fully saturated rings. The number of furan rings is 1. The van der Waals surface area contributed by atoms with E-state index in [0.29, 0.717) is 22.6 Å². The number of benzene rings is 2. The third-order valence-corrected chi connectivity index (χ3v) is 5.06. The maximum absolute atomic E-state index is 12.9. The second-order valence-corrected chi connectivity index (χ2v) is 7.33. The molecule has 0 radical (unpaired) electrons. The number of imide groups is 2. The van der Waals surface area contributed by atoms with Gasteiger partial charge in [0, 0.05) is 5.56 Å². The number of rotatable bonds is 4. The van der Waals surface area contributed by atoms with Crippen molar-refractivity contribution < 1.29 is 28.7 Å². The fraction of sp³-hybridized carbons (Fsp3) is 0.0833. The van der Waals surface area contributed by atoms with Crippen molar-refractivity contribution in [2.24, 2.45) is 0 Å². The van der Waals surface area contributed by atoms with Gasteiger partial charge < -0.3 is 9.52 Å². The second kappa shape index (κ2) is 7.99. The van der Waals surface area contributed by atoms with E-state index < -0.39 is 23.8 Å². The Morgan fingerprint density at radius 2 is 1.72 bits per heavy atom. The highest BCUT2D eigenvalue weighted by Crippen LogP contribution is 2.27. The van der Waals surface area contributed by atoms with Crippen LogP contribution in [0, 0.1) is 13.8 Å². The number of carboxylic acids is 1. The van der Waals surface area contributed by atoms with E-state index in [-0.39, 0.29) is 16.9 Å². The number of anilines is 1. The highest BCUT2D eigenvalue weighted by Gasteiger charge is 2.37. The molecular weight excluding hydrogens is 412 g/mol. The molecule has 0 unspecified atom stereocenters. The van der Waals surface area contributed by atoms with Gasteiger partial charge in [-0.3, -0.25) is 14.9 Å². The van der Waals surface area contributed by atoms with E-state index in [1.807, 2.05) is 6.92 Å². The number of urea groups is 1. The maximum Gasteiger partial charge on any atom is 0.335 e. The molecule has 8 heteroatoms. The maximum atomic E-state index is 12.9. The molecule has 0 bridgehead atoms. The summed E-state index contributed by atoms with van der Waals surface area (Å²) < 4.78 is 5.72. The van der Waals surface area contributed by atoms with Crippen LogP contribution < -0.4 is 10.2 Å². The summed E-state index contributed by atoms with van der Waals surface area (Å²) in [7, 11) is 0. The van der Waals surface area contributed by atoms with Crippen LogP contribution in [0.3, 0.4) is 0 Å². The van der Waals surface area contributed by atoms with Gasteiger partial charge in [-0.2, -0.15) is 0 Å². The van der Waals surface area contributed by atoms with Crippen LogP contribution in [0.4, 0.5) is 10.5 Å². The van der Waals surface area contributed by atoms with Crippen molar-refractivity contribution >= 4 is 35.6 Å². The molecule has 0 saturated carbocycles. The molecule has 2 heterocycles. The number of hydrogen-bond donors (Lipinski definition) is 2. The van der Waals surface area contributed by atoms with Gasteiger partial charge in [-0.1, -0.05) is 29.8 Å².